The van der Waals surface area contributed by atoms with Crippen molar-refractivity contribution < 1.29 is 9.21 Å². The Labute approximate surface area is 123 Å². The largest absolute Gasteiger partial charge is 0.459 e. The molecule has 1 amide bonds. The Bertz CT molecular complexity index is 770. The first-order chi connectivity index (χ1) is 10.2. The van der Waals surface area contributed by atoms with E-state index in [1.54, 1.807) is 24.3 Å². The van der Waals surface area contributed by atoms with Crippen molar-refractivity contribution in [1.29, 1.82) is 0 Å². The van der Waals surface area contributed by atoms with Gasteiger partial charge in [-0.2, -0.15) is 0 Å². The van der Waals surface area contributed by atoms with Crippen LogP contribution in [0.1, 0.15) is 16.1 Å². The lowest BCUT2D eigenvalue weighted by atomic mass is 10.2. The second kappa shape index (κ2) is 5.48. The van der Waals surface area contributed by atoms with E-state index in [0.717, 1.165) is 12.1 Å². The summed E-state index contributed by atoms with van der Waals surface area (Å²) in [5.41, 5.74) is 2.06. The van der Waals surface area contributed by atoms with Crippen LogP contribution in [-0.2, 0) is 6.54 Å². The molecule has 0 aliphatic carbocycles. The number of likely N-dealkylation sites (N-methyl/N-ethyl adjacent to an activating group) is 1. The molecule has 0 aliphatic rings. The zero-order valence-corrected chi connectivity index (χ0v) is 12.2. The number of para-hydroxylation sites is 1. The van der Waals surface area contributed by atoms with Crippen molar-refractivity contribution in [2.45, 2.75) is 13.5 Å². The van der Waals surface area contributed by atoms with Gasteiger partial charge in [0.15, 0.2) is 5.76 Å². The van der Waals surface area contributed by atoms with E-state index in [2.05, 4.69) is 29.0 Å². The predicted molar refractivity (Wildman–Crippen MR) is 82.3 cm³/mol. The number of furan rings is 1. The van der Waals surface area contributed by atoms with Gasteiger partial charge < -0.3 is 13.9 Å². The lowest BCUT2D eigenvalue weighted by Crippen LogP contribution is -2.30. The van der Waals surface area contributed by atoms with Crippen LogP contribution in [0.2, 0.25) is 0 Å². The molecule has 0 unspecified atom stereocenters. The molecule has 0 radical (unpaired) electrons. The molecular formula is C17H18N2O2. The molecule has 4 nitrogen and oxygen atoms in total. The number of benzene rings is 1. The minimum atomic E-state index is -0.0750. The molecule has 2 heterocycles. The van der Waals surface area contributed by atoms with Crippen LogP contribution >= 0.6 is 0 Å². The summed E-state index contributed by atoms with van der Waals surface area (Å²) in [7, 11) is 1.80. The second-order valence-corrected chi connectivity index (χ2v) is 5.23. The maximum absolute atomic E-state index is 12.3. The molecule has 0 saturated heterocycles. The van der Waals surface area contributed by atoms with E-state index in [1.807, 2.05) is 19.1 Å². The van der Waals surface area contributed by atoms with E-state index in [0.29, 0.717) is 12.3 Å². The first-order valence-corrected chi connectivity index (χ1v) is 7.00. The molecule has 0 bridgehead atoms. The van der Waals surface area contributed by atoms with Gasteiger partial charge in [0.1, 0.15) is 0 Å². The molecule has 108 valence electrons. The van der Waals surface area contributed by atoms with Crippen LogP contribution in [0.3, 0.4) is 0 Å². The lowest BCUT2D eigenvalue weighted by molar-refractivity contribution is 0.0758. The van der Waals surface area contributed by atoms with Gasteiger partial charge in [-0.25, -0.2) is 0 Å². The Hall–Kier alpha value is -2.49. The van der Waals surface area contributed by atoms with Crippen molar-refractivity contribution in [2.75, 3.05) is 13.6 Å². The summed E-state index contributed by atoms with van der Waals surface area (Å²) in [6.45, 7) is 3.27. The van der Waals surface area contributed by atoms with Gasteiger partial charge in [-0.3, -0.25) is 4.79 Å². The van der Waals surface area contributed by atoms with Gasteiger partial charge in [-0.1, -0.05) is 18.2 Å². The fourth-order valence-electron chi connectivity index (χ4n) is 2.46. The number of aryl methyl sites for hydroxylation is 1. The summed E-state index contributed by atoms with van der Waals surface area (Å²) < 4.78 is 7.42. The molecule has 21 heavy (non-hydrogen) atoms. The van der Waals surface area contributed by atoms with Crippen LogP contribution in [0.5, 0.6) is 0 Å². The number of amides is 1. The highest BCUT2D eigenvalue weighted by atomic mass is 16.3. The summed E-state index contributed by atoms with van der Waals surface area (Å²) in [5, 5.41) is 1.22. The summed E-state index contributed by atoms with van der Waals surface area (Å²) in [6, 6.07) is 12.1. The van der Waals surface area contributed by atoms with E-state index >= 15 is 0 Å². The van der Waals surface area contributed by atoms with E-state index in [9.17, 15) is 4.79 Å². The van der Waals surface area contributed by atoms with Gasteiger partial charge in [0, 0.05) is 37.4 Å². The Morgan fingerprint density at radius 3 is 2.81 bits per heavy atom. The molecule has 0 atom stereocenters. The van der Waals surface area contributed by atoms with E-state index < -0.39 is 0 Å². The van der Waals surface area contributed by atoms with Gasteiger partial charge in [-0.05, 0) is 30.5 Å². The molecule has 0 fully saturated rings. The highest BCUT2D eigenvalue weighted by molar-refractivity contribution is 5.92. The molecule has 0 aliphatic heterocycles. The second-order valence-electron chi connectivity index (χ2n) is 5.23. The van der Waals surface area contributed by atoms with Crippen LogP contribution in [0, 0.1) is 6.92 Å². The molecule has 0 N–H and O–H groups in total. The van der Waals surface area contributed by atoms with E-state index in [-0.39, 0.29) is 5.91 Å². The van der Waals surface area contributed by atoms with Crippen molar-refractivity contribution in [3.05, 3.63) is 60.2 Å². The average molecular weight is 282 g/mol. The maximum Gasteiger partial charge on any atom is 0.289 e. The molecule has 3 rings (SSSR count). The standard InChI is InChI=1S/C17H18N2O2/c1-13-8-12-21-16(13)17(20)18(2)10-11-19-9-7-14-5-3-4-6-15(14)19/h3-9,12H,10-11H2,1-2H3. The first kappa shape index (κ1) is 13.5. The third-order valence-corrected chi connectivity index (χ3v) is 3.76. The van der Waals surface area contributed by atoms with Crippen molar-refractivity contribution >= 4 is 16.8 Å². The van der Waals surface area contributed by atoms with Crippen LogP contribution < -0.4 is 0 Å². The number of hydrogen-bond acceptors (Lipinski definition) is 2. The normalized spacial score (nSPS) is 11.0. The molecular weight excluding hydrogens is 264 g/mol. The van der Waals surface area contributed by atoms with Gasteiger partial charge in [0.25, 0.3) is 5.91 Å². The van der Waals surface area contributed by atoms with Crippen LogP contribution in [-0.4, -0.2) is 29.0 Å². The highest BCUT2D eigenvalue weighted by Crippen LogP contribution is 2.15. The number of fused-ring (bicyclic) bond motifs is 1. The zero-order chi connectivity index (χ0) is 14.8. The third-order valence-electron chi connectivity index (χ3n) is 3.76. The minimum Gasteiger partial charge on any atom is -0.459 e. The van der Waals surface area contributed by atoms with E-state index in [4.69, 9.17) is 4.42 Å². The predicted octanol–water partition coefficient (Wildman–Crippen LogP) is 3.31. The number of nitrogens with zero attached hydrogens (tertiary/aromatic N) is 2. The smallest absolute Gasteiger partial charge is 0.289 e. The number of carbonyl (C=O) groups excluding carboxylic acids is 1. The fourth-order valence-corrected chi connectivity index (χ4v) is 2.46. The zero-order valence-electron chi connectivity index (χ0n) is 12.2. The quantitative estimate of drug-likeness (QED) is 0.736. The van der Waals surface area contributed by atoms with Crippen molar-refractivity contribution in [3.63, 3.8) is 0 Å². The van der Waals surface area contributed by atoms with Gasteiger partial charge in [0.05, 0.1) is 6.26 Å². The van der Waals surface area contributed by atoms with Gasteiger partial charge >= 0.3 is 0 Å². The molecule has 4 heteroatoms. The molecule has 1 aromatic carbocycles. The SMILES string of the molecule is Cc1ccoc1C(=O)N(C)CCn1ccc2ccccc21. The number of hydrogen-bond donors (Lipinski definition) is 0. The summed E-state index contributed by atoms with van der Waals surface area (Å²) in [6.07, 6.45) is 3.61. The highest BCUT2D eigenvalue weighted by Gasteiger charge is 2.17. The Morgan fingerprint density at radius 2 is 2.05 bits per heavy atom. The molecule has 0 saturated carbocycles. The van der Waals surface area contributed by atoms with Crippen molar-refractivity contribution in [2.24, 2.45) is 0 Å². The monoisotopic (exact) mass is 282 g/mol. The number of aromatic nitrogens is 1. The average Bonchev–Trinajstić information content (AvgIpc) is 3.10. The Kier molecular flexibility index (Phi) is 3.52. The molecule has 2 aromatic heterocycles. The summed E-state index contributed by atoms with van der Waals surface area (Å²) in [5.74, 6) is 0.351. The number of rotatable bonds is 4. The number of carbonyl (C=O) groups is 1. The Balaban J connectivity index is 1.70. The maximum atomic E-state index is 12.3. The van der Waals surface area contributed by atoms with Crippen LogP contribution in [0.25, 0.3) is 10.9 Å². The van der Waals surface area contributed by atoms with Crippen molar-refractivity contribution in [3.8, 4) is 0 Å². The van der Waals surface area contributed by atoms with Crippen LogP contribution in [0.4, 0.5) is 0 Å². The topological polar surface area (TPSA) is 38.4 Å². The minimum absolute atomic E-state index is 0.0750. The lowest BCUT2D eigenvalue weighted by Gasteiger charge is -2.17. The van der Waals surface area contributed by atoms with Crippen molar-refractivity contribution in [1.82, 2.24) is 9.47 Å². The van der Waals surface area contributed by atoms with Gasteiger partial charge in [-0.15, -0.1) is 0 Å². The van der Waals surface area contributed by atoms with Gasteiger partial charge in [0.2, 0.25) is 0 Å². The van der Waals surface area contributed by atoms with E-state index in [1.165, 1.54) is 10.9 Å². The molecule has 3 aromatic rings. The Morgan fingerprint density at radius 1 is 1.24 bits per heavy atom. The third kappa shape index (κ3) is 2.57. The summed E-state index contributed by atoms with van der Waals surface area (Å²) in [4.78, 5) is 14.0. The first-order valence-electron chi connectivity index (χ1n) is 7.00. The summed E-state index contributed by atoms with van der Waals surface area (Å²) >= 11 is 0. The van der Waals surface area contributed by atoms with Crippen LogP contribution in [0.15, 0.2) is 53.3 Å². The molecule has 0 spiro atoms. The fraction of sp³-hybridized carbons (Fsp3) is 0.235.